The summed E-state index contributed by atoms with van der Waals surface area (Å²) in [7, 11) is 0. The van der Waals surface area contributed by atoms with Gasteiger partial charge in [0, 0.05) is 11.7 Å². The fourth-order valence-corrected chi connectivity index (χ4v) is 2.39. The van der Waals surface area contributed by atoms with Crippen LogP contribution in [0.1, 0.15) is 33.1 Å². The summed E-state index contributed by atoms with van der Waals surface area (Å²) in [5.74, 6) is 1.75. The minimum Gasteiger partial charge on any atom is -0.494 e. The normalized spacial score (nSPS) is 24.4. The number of nitrogens with one attached hydrogen (secondary N) is 1. The molecule has 88 valence electrons. The van der Waals surface area contributed by atoms with Gasteiger partial charge in [0.05, 0.1) is 6.61 Å². The molecule has 0 spiro atoms. The first-order valence-electron chi connectivity index (χ1n) is 6.29. The van der Waals surface area contributed by atoms with Gasteiger partial charge in [-0.05, 0) is 49.9 Å². The second kappa shape index (κ2) is 5.24. The Bertz CT molecular complexity index is 320. The maximum absolute atomic E-state index is 5.42. The molecule has 0 radical (unpaired) electrons. The molecule has 2 rings (SSSR count). The molecule has 1 aliphatic rings. The lowest BCUT2D eigenvalue weighted by Gasteiger charge is -2.18. The minimum atomic E-state index is 0.651. The molecule has 0 amide bonds. The lowest BCUT2D eigenvalue weighted by atomic mass is 10.1. The van der Waals surface area contributed by atoms with Crippen molar-refractivity contribution in [3.8, 4) is 5.75 Å². The summed E-state index contributed by atoms with van der Waals surface area (Å²) in [5, 5.41) is 3.60. The van der Waals surface area contributed by atoms with Crippen LogP contribution in [0.5, 0.6) is 5.75 Å². The highest BCUT2D eigenvalue weighted by atomic mass is 16.5. The van der Waals surface area contributed by atoms with Crippen LogP contribution >= 0.6 is 0 Å². The first kappa shape index (κ1) is 11.3. The van der Waals surface area contributed by atoms with Crippen molar-refractivity contribution in [2.75, 3.05) is 11.9 Å². The SMILES string of the molecule is CCOc1ccc(NC2CCCC2C)cc1. The van der Waals surface area contributed by atoms with Crippen molar-refractivity contribution in [2.45, 2.75) is 39.2 Å². The van der Waals surface area contributed by atoms with Gasteiger partial charge in [0.25, 0.3) is 0 Å². The summed E-state index contributed by atoms with van der Waals surface area (Å²) in [6.07, 6.45) is 4.01. The molecule has 1 saturated carbocycles. The second-order valence-electron chi connectivity index (χ2n) is 4.62. The van der Waals surface area contributed by atoms with Crippen LogP contribution in [0.2, 0.25) is 0 Å². The number of anilines is 1. The standard InChI is InChI=1S/C14H21NO/c1-3-16-13-9-7-12(8-10-13)15-14-6-4-5-11(14)2/h7-11,14-15H,3-6H2,1-2H3. The highest BCUT2D eigenvalue weighted by molar-refractivity contribution is 5.47. The second-order valence-corrected chi connectivity index (χ2v) is 4.62. The van der Waals surface area contributed by atoms with Crippen LogP contribution in [-0.2, 0) is 0 Å². The largest absolute Gasteiger partial charge is 0.494 e. The molecule has 0 saturated heterocycles. The Morgan fingerprint density at radius 3 is 2.56 bits per heavy atom. The zero-order chi connectivity index (χ0) is 11.4. The molecule has 1 fully saturated rings. The molecule has 16 heavy (non-hydrogen) atoms. The van der Waals surface area contributed by atoms with Crippen molar-refractivity contribution in [3.05, 3.63) is 24.3 Å². The average Bonchev–Trinajstić information content (AvgIpc) is 2.68. The number of rotatable bonds is 4. The molecule has 2 unspecified atom stereocenters. The van der Waals surface area contributed by atoms with Crippen molar-refractivity contribution in [2.24, 2.45) is 5.92 Å². The fourth-order valence-electron chi connectivity index (χ4n) is 2.39. The third-order valence-corrected chi connectivity index (χ3v) is 3.38. The average molecular weight is 219 g/mol. The van der Waals surface area contributed by atoms with E-state index < -0.39 is 0 Å². The van der Waals surface area contributed by atoms with Crippen molar-refractivity contribution in [3.63, 3.8) is 0 Å². The summed E-state index contributed by atoms with van der Waals surface area (Å²) in [6.45, 7) is 5.07. The summed E-state index contributed by atoms with van der Waals surface area (Å²) in [4.78, 5) is 0. The van der Waals surface area contributed by atoms with Crippen LogP contribution in [-0.4, -0.2) is 12.6 Å². The van der Waals surface area contributed by atoms with Crippen LogP contribution in [0.3, 0.4) is 0 Å². The molecule has 1 aromatic carbocycles. The number of ether oxygens (including phenoxy) is 1. The zero-order valence-electron chi connectivity index (χ0n) is 10.2. The van der Waals surface area contributed by atoms with E-state index in [9.17, 15) is 0 Å². The van der Waals surface area contributed by atoms with E-state index in [0.717, 1.165) is 18.3 Å². The summed E-state index contributed by atoms with van der Waals surface area (Å²) < 4.78 is 5.42. The Kier molecular flexibility index (Phi) is 3.70. The Morgan fingerprint density at radius 1 is 1.25 bits per heavy atom. The van der Waals surface area contributed by atoms with Crippen molar-refractivity contribution in [1.82, 2.24) is 0 Å². The van der Waals surface area contributed by atoms with Gasteiger partial charge in [-0.2, -0.15) is 0 Å². The van der Waals surface area contributed by atoms with Crippen molar-refractivity contribution in [1.29, 1.82) is 0 Å². The van der Waals surface area contributed by atoms with E-state index in [1.807, 2.05) is 19.1 Å². The molecule has 2 heteroatoms. The van der Waals surface area contributed by atoms with Gasteiger partial charge in [0.1, 0.15) is 5.75 Å². The molecule has 1 N–H and O–H groups in total. The van der Waals surface area contributed by atoms with Crippen LogP contribution < -0.4 is 10.1 Å². The number of hydrogen-bond donors (Lipinski definition) is 1. The highest BCUT2D eigenvalue weighted by Gasteiger charge is 2.22. The topological polar surface area (TPSA) is 21.3 Å². The molecule has 0 bridgehead atoms. The monoisotopic (exact) mass is 219 g/mol. The predicted molar refractivity (Wildman–Crippen MR) is 68.0 cm³/mol. The Labute approximate surface area is 98.0 Å². The van der Waals surface area contributed by atoms with Gasteiger partial charge < -0.3 is 10.1 Å². The predicted octanol–water partition coefficient (Wildman–Crippen LogP) is 3.69. The number of hydrogen-bond acceptors (Lipinski definition) is 2. The van der Waals surface area contributed by atoms with E-state index in [1.54, 1.807) is 0 Å². The van der Waals surface area contributed by atoms with Gasteiger partial charge >= 0.3 is 0 Å². The fraction of sp³-hybridized carbons (Fsp3) is 0.571. The first-order valence-corrected chi connectivity index (χ1v) is 6.29. The van der Waals surface area contributed by atoms with Crippen molar-refractivity contribution < 1.29 is 4.74 Å². The third kappa shape index (κ3) is 2.69. The van der Waals surface area contributed by atoms with E-state index in [-0.39, 0.29) is 0 Å². The van der Waals surface area contributed by atoms with Gasteiger partial charge in [-0.25, -0.2) is 0 Å². The van der Waals surface area contributed by atoms with E-state index >= 15 is 0 Å². The van der Waals surface area contributed by atoms with Gasteiger partial charge in [-0.15, -0.1) is 0 Å². The Balaban J connectivity index is 1.94. The molecular formula is C14H21NO. The lowest BCUT2D eigenvalue weighted by Crippen LogP contribution is -2.21. The molecule has 0 aliphatic heterocycles. The summed E-state index contributed by atoms with van der Waals surface area (Å²) in [5.41, 5.74) is 1.21. The highest BCUT2D eigenvalue weighted by Crippen LogP contribution is 2.28. The minimum absolute atomic E-state index is 0.651. The molecule has 0 aromatic heterocycles. The van der Waals surface area contributed by atoms with Crippen LogP contribution in [0, 0.1) is 5.92 Å². The smallest absolute Gasteiger partial charge is 0.119 e. The van der Waals surface area contributed by atoms with Crippen molar-refractivity contribution >= 4 is 5.69 Å². The van der Waals surface area contributed by atoms with Crippen LogP contribution in [0.15, 0.2) is 24.3 Å². The van der Waals surface area contributed by atoms with E-state index in [0.29, 0.717) is 6.04 Å². The van der Waals surface area contributed by atoms with E-state index in [4.69, 9.17) is 4.74 Å². The Hall–Kier alpha value is -1.18. The summed E-state index contributed by atoms with van der Waals surface area (Å²) in [6, 6.07) is 8.93. The van der Waals surface area contributed by atoms with Crippen LogP contribution in [0.4, 0.5) is 5.69 Å². The molecule has 1 aliphatic carbocycles. The maximum atomic E-state index is 5.42. The third-order valence-electron chi connectivity index (χ3n) is 3.38. The quantitative estimate of drug-likeness (QED) is 0.834. The maximum Gasteiger partial charge on any atom is 0.119 e. The molecule has 2 atom stereocenters. The van der Waals surface area contributed by atoms with Gasteiger partial charge in [0.15, 0.2) is 0 Å². The lowest BCUT2D eigenvalue weighted by molar-refractivity contribution is 0.340. The molecule has 2 nitrogen and oxygen atoms in total. The first-order chi connectivity index (χ1) is 7.79. The molecule has 1 aromatic rings. The zero-order valence-corrected chi connectivity index (χ0v) is 10.2. The van der Waals surface area contributed by atoms with Gasteiger partial charge in [-0.1, -0.05) is 13.3 Å². The van der Waals surface area contributed by atoms with E-state index in [1.165, 1.54) is 24.9 Å². The van der Waals surface area contributed by atoms with E-state index in [2.05, 4.69) is 24.4 Å². The van der Waals surface area contributed by atoms with Gasteiger partial charge in [0.2, 0.25) is 0 Å². The van der Waals surface area contributed by atoms with Crippen LogP contribution in [0.25, 0.3) is 0 Å². The number of benzene rings is 1. The molecule has 0 heterocycles. The summed E-state index contributed by atoms with van der Waals surface area (Å²) >= 11 is 0. The molecular weight excluding hydrogens is 198 g/mol. The van der Waals surface area contributed by atoms with Gasteiger partial charge in [-0.3, -0.25) is 0 Å². The Morgan fingerprint density at radius 2 is 2.00 bits per heavy atom.